The van der Waals surface area contributed by atoms with Gasteiger partial charge in [0.2, 0.25) is 0 Å². The summed E-state index contributed by atoms with van der Waals surface area (Å²) in [5.41, 5.74) is 0. The molecule has 3 fully saturated rings. The number of hydrogen-bond acceptors (Lipinski definition) is 4. The molecule has 1 N–H and O–H groups in total. The molecule has 2 saturated heterocycles. The van der Waals surface area contributed by atoms with Crippen LogP contribution in [0, 0.1) is 23.7 Å². The van der Waals surface area contributed by atoms with Crippen molar-refractivity contribution in [3.63, 3.8) is 0 Å². The Hall–Kier alpha value is -0.610. The number of fused-ring (bicyclic) bond motifs is 1. The van der Waals surface area contributed by atoms with Gasteiger partial charge in [0.15, 0.2) is 0 Å². The standard InChI is InChI=1S/C13H21NO3/c15-13(17-8-9-1-2-16-7-9)10-3-11-5-14-6-12(11)4-10/h9-12,14H,1-8H2. The summed E-state index contributed by atoms with van der Waals surface area (Å²) in [7, 11) is 0. The second-order valence-corrected chi connectivity index (χ2v) is 5.71. The molecule has 1 saturated carbocycles. The second kappa shape index (κ2) is 4.94. The predicted molar refractivity (Wildman–Crippen MR) is 62.5 cm³/mol. The van der Waals surface area contributed by atoms with Gasteiger partial charge in [-0.15, -0.1) is 0 Å². The fourth-order valence-electron chi connectivity index (χ4n) is 3.39. The summed E-state index contributed by atoms with van der Waals surface area (Å²) in [6.07, 6.45) is 3.09. The first kappa shape index (κ1) is 11.5. The third kappa shape index (κ3) is 2.47. The molecule has 0 aromatic heterocycles. The monoisotopic (exact) mass is 239 g/mol. The maximum absolute atomic E-state index is 11.9. The van der Waals surface area contributed by atoms with Crippen molar-refractivity contribution >= 4 is 5.97 Å². The summed E-state index contributed by atoms with van der Waals surface area (Å²) >= 11 is 0. The van der Waals surface area contributed by atoms with E-state index in [-0.39, 0.29) is 11.9 Å². The quantitative estimate of drug-likeness (QED) is 0.740. The molecule has 96 valence electrons. The molecule has 3 atom stereocenters. The molecule has 2 heterocycles. The highest BCUT2D eigenvalue weighted by Gasteiger charge is 2.41. The van der Waals surface area contributed by atoms with Gasteiger partial charge in [-0.2, -0.15) is 0 Å². The molecule has 3 aliphatic rings. The normalized spacial score (nSPS) is 40.5. The highest BCUT2D eigenvalue weighted by molar-refractivity contribution is 5.72. The van der Waals surface area contributed by atoms with Gasteiger partial charge >= 0.3 is 5.97 Å². The minimum Gasteiger partial charge on any atom is -0.465 e. The van der Waals surface area contributed by atoms with E-state index in [0.29, 0.717) is 24.4 Å². The van der Waals surface area contributed by atoms with Crippen molar-refractivity contribution in [2.24, 2.45) is 23.7 Å². The molecule has 0 bridgehead atoms. The molecule has 0 aromatic rings. The topological polar surface area (TPSA) is 47.6 Å². The molecule has 0 radical (unpaired) electrons. The van der Waals surface area contributed by atoms with Gasteiger partial charge in [-0.3, -0.25) is 4.79 Å². The summed E-state index contributed by atoms with van der Waals surface area (Å²) in [5, 5.41) is 3.39. The van der Waals surface area contributed by atoms with Crippen LogP contribution in [0.3, 0.4) is 0 Å². The van der Waals surface area contributed by atoms with Crippen LogP contribution in [-0.4, -0.2) is 38.9 Å². The lowest BCUT2D eigenvalue weighted by molar-refractivity contribution is -0.149. The number of esters is 1. The van der Waals surface area contributed by atoms with Crippen LogP contribution in [0.15, 0.2) is 0 Å². The number of carbonyl (C=O) groups excluding carboxylic acids is 1. The lowest BCUT2D eigenvalue weighted by Gasteiger charge is -2.13. The van der Waals surface area contributed by atoms with E-state index in [0.717, 1.165) is 45.6 Å². The third-order valence-electron chi connectivity index (χ3n) is 4.47. The Bertz CT molecular complexity index is 276. The van der Waals surface area contributed by atoms with Gasteiger partial charge in [0.05, 0.1) is 19.1 Å². The molecule has 4 heteroatoms. The first-order valence-electron chi connectivity index (χ1n) is 6.78. The number of rotatable bonds is 3. The number of hydrogen-bond donors (Lipinski definition) is 1. The van der Waals surface area contributed by atoms with Gasteiger partial charge in [-0.1, -0.05) is 0 Å². The van der Waals surface area contributed by atoms with E-state index in [2.05, 4.69) is 5.32 Å². The zero-order valence-electron chi connectivity index (χ0n) is 10.2. The predicted octanol–water partition coefficient (Wildman–Crippen LogP) is 0.812. The second-order valence-electron chi connectivity index (χ2n) is 5.71. The molecular weight excluding hydrogens is 218 g/mol. The lowest BCUT2D eigenvalue weighted by atomic mass is 10.0. The van der Waals surface area contributed by atoms with Gasteiger partial charge in [0, 0.05) is 12.5 Å². The van der Waals surface area contributed by atoms with Gasteiger partial charge in [0.25, 0.3) is 0 Å². The van der Waals surface area contributed by atoms with E-state index >= 15 is 0 Å². The summed E-state index contributed by atoms with van der Waals surface area (Å²) in [5.74, 6) is 2.05. The van der Waals surface area contributed by atoms with Crippen LogP contribution in [0.1, 0.15) is 19.3 Å². The molecule has 4 nitrogen and oxygen atoms in total. The Morgan fingerprint density at radius 2 is 2.06 bits per heavy atom. The fraction of sp³-hybridized carbons (Fsp3) is 0.923. The van der Waals surface area contributed by atoms with E-state index < -0.39 is 0 Å². The largest absolute Gasteiger partial charge is 0.465 e. The first-order valence-corrected chi connectivity index (χ1v) is 6.78. The van der Waals surface area contributed by atoms with Crippen LogP contribution >= 0.6 is 0 Å². The molecule has 0 spiro atoms. The molecule has 2 aliphatic heterocycles. The number of carbonyl (C=O) groups is 1. The van der Waals surface area contributed by atoms with Crippen molar-refractivity contribution < 1.29 is 14.3 Å². The summed E-state index contributed by atoms with van der Waals surface area (Å²) in [6.45, 7) is 4.31. The number of nitrogens with one attached hydrogen (secondary N) is 1. The van der Waals surface area contributed by atoms with Crippen molar-refractivity contribution in [3.05, 3.63) is 0 Å². The minimum atomic E-state index is 0.0336. The Labute approximate surface area is 102 Å². The van der Waals surface area contributed by atoms with E-state index in [4.69, 9.17) is 9.47 Å². The van der Waals surface area contributed by atoms with Crippen molar-refractivity contribution in [1.82, 2.24) is 5.32 Å². The Balaban J connectivity index is 1.43. The Kier molecular flexibility index (Phi) is 3.34. The molecule has 1 aliphatic carbocycles. The van der Waals surface area contributed by atoms with E-state index in [1.807, 2.05) is 0 Å². The van der Waals surface area contributed by atoms with E-state index in [9.17, 15) is 4.79 Å². The van der Waals surface area contributed by atoms with Crippen molar-refractivity contribution in [1.29, 1.82) is 0 Å². The van der Waals surface area contributed by atoms with Crippen LogP contribution in [0.5, 0.6) is 0 Å². The molecule has 0 amide bonds. The maximum Gasteiger partial charge on any atom is 0.308 e. The van der Waals surface area contributed by atoms with Gasteiger partial charge in [-0.05, 0) is 44.2 Å². The van der Waals surface area contributed by atoms with Crippen molar-refractivity contribution in [2.75, 3.05) is 32.9 Å². The summed E-state index contributed by atoms with van der Waals surface area (Å²) < 4.78 is 10.7. The van der Waals surface area contributed by atoms with Crippen molar-refractivity contribution in [3.8, 4) is 0 Å². The van der Waals surface area contributed by atoms with Crippen LogP contribution in [-0.2, 0) is 14.3 Å². The van der Waals surface area contributed by atoms with Crippen LogP contribution in [0.25, 0.3) is 0 Å². The molecule has 3 rings (SSSR count). The van der Waals surface area contributed by atoms with Crippen molar-refractivity contribution in [2.45, 2.75) is 19.3 Å². The van der Waals surface area contributed by atoms with E-state index in [1.54, 1.807) is 0 Å². The average Bonchev–Trinajstić information content (AvgIpc) is 3.01. The van der Waals surface area contributed by atoms with Gasteiger partial charge in [-0.25, -0.2) is 0 Å². The van der Waals surface area contributed by atoms with E-state index in [1.165, 1.54) is 0 Å². The first-order chi connectivity index (χ1) is 8.33. The van der Waals surface area contributed by atoms with Crippen LogP contribution < -0.4 is 5.32 Å². The summed E-state index contributed by atoms with van der Waals surface area (Å²) in [6, 6.07) is 0. The number of ether oxygens (including phenoxy) is 2. The highest BCUT2D eigenvalue weighted by atomic mass is 16.5. The SMILES string of the molecule is O=C(OCC1CCOC1)C1CC2CNCC2C1. The average molecular weight is 239 g/mol. The lowest BCUT2D eigenvalue weighted by Crippen LogP contribution is -2.22. The Morgan fingerprint density at radius 1 is 1.29 bits per heavy atom. The fourth-order valence-corrected chi connectivity index (χ4v) is 3.39. The van der Waals surface area contributed by atoms with Crippen LogP contribution in [0.4, 0.5) is 0 Å². The highest BCUT2D eigenvalue weighted by Crippen LogP contribution is 2.39. The van der Waals surface area contributed by atoms with Gasteiger partial charge < -0.3 is 14.8 Å². The van der Waals surface area contributed by atoms with Crippen LogP contribution in [0.2, 0.25) is 0 Å². The molecular formula is C13H21NO3. The smallest absolute Gasteiger partial charge is 0.308 e. The van der Waals surface area contributed by atoms with Gasteiger partial charge in [0.1, 0.15) is 0 Å². The maximum atomic E-state index is 11.9. The Morgan fingerprint density at radius 3 is 2.71 bits per heavy atom. The summed E-state index contributed by atoms with van der Waals surface area (Å²) in [4.78, 5) is 11.9. The molecule has 3 unspecified atom stereocenters. The zero-order chi connectivity index (χ0) is 11.7. The third-order valence-corrected chi connectivity index (χ3v) is 4.47. The molecule has 17 heavy (non-hydrogen) atoms. The molecule has 0 aromatic carbocycles. The zero-order valence-corrected chi connectivity index (χ0v) is 10.2. The minimum absolute atomic E-state index is 0.0336.